The summed E-state index contributed by atoms with van der Waals surface area (Å²) in [5, 5.41) is 3.75. The molecule has 3 fully saturated rings. The molecule has 0 spiro atoms. The number of amides is 1. The minimum Gasteiger partial charge on any atom is -0.497 e. The molecule has 1 aromatic carbocycles. The summed E-state index contributed by atoms with van der Waals surface area (Å²) < 4.78 is 16.4. The van der Waals surface area contributed by atoms with Gasteiger partial charge in [0.25, 0.3) is 5.91 Å². The SMILES string of the molecule is C=C(/C(C)=C(\N=C/N)C(=O)N1CCC(NC2CCOCC2OC)CC1)N1CCC(c2ccc(OC)cc2)CC1. The van der Waals surface area contributed by atoms with E-state index in [1.165, 1.54) is 11.9 Å². The molecule has 0 saturated carbocycles. The quantitative estimate of drug-likeness (QED) is 0.215. The van der Waals surface area contributed by atoms with Crippen LogP contribution in [0.3, 0.4) is 0 Å². The van der Waals surface area contributed by atoms with Crippen molar-refractivity contribution in [1.82, 2.24) is 15.1 Å². The summed E-state index contributed by atoms with van der Waals surface area (Å²) in [5.41, 5.74) is 9.04. The van der Waals surface area contributed by atoms with Crippen molar-refractivity contribution >= 4 is 12.2 Å². The van der Waals surface area contributed by atoms with Gasteiger partial charge in [0.1, 0.15) is 11.4 Å². The lowest BCUT2D eigenvalue weighted by atomic mass is 9.89. The molecule has 3 heterocycles. The summed E-state index contributed by atoms with van der Waals surface area (Å²) in [7, 11) is 3.42. The monoisotopic (exact) mass is 539 g/mol. The zero-order valence-corrected chi connectivity index (χ0v) is 23.7. The molecule has 0 aliphatic carbocycles. The topological polar surface area (TPSA) is 102 Å². The minimum atomic E-state index is -0.0808. The van der Waals surface area contributed by atoms with Crippen LogP contribution in [-0.2, 0) is 14.3 Å². The molecule has 2 atom stereocenters. The van der Waals surface area contributed by atoms with E-state index in [1.807, 2.05) is 24.0 Å². The van der Waals surface area contributed by atoms with E-state index in [0.29, 0.717) is 37.4 Å². The van der Waals surface area contributed by atoms with Crippen molar-refractivity contribution in [3.05, 3.63) is 53.4 Å². The fourth-order valence-electron chi connectivity index (χ4n) is 5.96. The van der Waals surface area contributed by atoms with Gasteiger partial charge in [0, 0.05) is 63.2 Å². The van der Waals surface area contributed by atoms with Gasteiger partial charge >= 0.3 is 0 Å². The van der Waals surface area contributed by atoms with Gasteiger partial charge in [-0.1, -0.05) is 18.7 Å². The smallest absolute Gasteiger partial charge is 0.272 e. The highest BCUT2D eigenvalue weighted by atomic mass is 16.5. The lowest BCUT2D eigenvalue weighted by molar-refractivity contribution is -0.128. The summed E-state index contributed by atoms with van der Waals surface area (Å²) in [6.45, 7) is 10.8. The van der Waals surface area contributed by atoms with Crippen LogP contribution >= 0.6 is 0 Å². The Morgan fingerprint density at radius 3 is 2.36 bits per heavy atom. The predicted molar refractivity (Wildman–Crippen MR) is 154 cm³/mol. The Morgan fingerprint density at radius 2 is 1.74 bits per heavy atom. The number of carbonyl (C=O) groups is 1. The third-order valence-corrected chi connectivity index (χ3v) is 8.50. The molecule has 9 heteroatoms. The first-order chi connectivity index (χ1) is 18.9. The summed E-state index contributed by atoms with van der Waals surface area (Å²) in [4.78, 5) is 22.1. The van der Waals surface area contributed by atoms with Crippen LogP contribution in [0.5, 0.6) is 5.75 Å². The molecule has 0 bridgehead atoms. The fourth-order valence-corrected chi connectivity index (χ4v) is 5.96. The lowest BCUT2D eigenvalue weighted by Crippen LogP contribution is -2.54. The van der Waals surface area contributed by atoms with Crippen LogP contribution in [-0.4, -0.2) is 93.8 Å². The first-order valence-electron chi connectivity index (χ1n) is 14.1. The largest absolute Gasteiger partial charge is 0.497 e. The van der Waals surface area contributed by atoms with E-state index in [1.54, 1.807) is 14.2 Å². The minimum absolute atomic E-state index is 0.0711. The summed E-state index contributed by atoms with van der Waals surface area (Å²) in [6.07, 6.45) is 6.05. The van der Waals surface area contributed by atoms with E-state index in [0.717, 1.165) is 68.8 Å². The Labute approximate surface area is 233 Å². The van der Waals surface area contributed by atoms with Gasteiger partial charge in [0.15, 0.2) is 0 Å². The summed E-state index contributed by atoms with van der Waals surface area (Å²) in [6, 6.07) is 9.00. The van der Waals surface area contributed by atoms with Gasteiger partial charge in [-0.25, -0.2) is 4.99 Å². The van der Waals surface area contributed by atoms with Crippen LogP contribution in [0.2, 0.25) is 0 Å². The second kappa shape index (κ2) is 14.0. The van der Waals surface area contributed by atoms with Gasteiger partial charge < -0.3 is 35.1 Å². The Morgan fingerprint density at radius 1 is 1.08 bits per heavy atom. The summed E-state index contributed by atoms with van der Waals surface area (Å²) in [5.74, 6) is 1.30. The van der Waals surface area contributed by atoms with E-state index in [2.05, 4.69) is 33.9 Å². The molecule has 0 radical (unpaired) electrons. The van der Waals surface area contributed by atoms with Gasteiger partial charge in [0.2, 0.25) is 0 Å². The molecular formula is C30H45N5O4. The second-order valence-corrected chi connectivity index (χ2v) is 10.7. The third kappa shape index (κ3) is 7.21. The zero-order valence-electron chi connectivity index (χ0n) is 23.7. The standard InChI is InChI=1S/C30H45N5O4/c1-21(22(2)34-14-9-24(10-15-34)23-5-7-26(37-3)8-6-23)29(32-20-31)30(36)35-16-11-25(12-17-35)33-27-13-18-39-19-28(27)38-4/h5-8,20,24-25,27-28,33H,2,9-19H2,1,3-4H3,(H2,31,32)/b29-21-. The van der Waals surface area contributed by atoms with Gasteiger partial charge in [-0.2, -0.15) is 0 Å². The van der Waals surface area contributed by atoms with Crippen LogP contribution in [0.15, 0.2) is 52.8 Å². The molecule has 214 valence electrons. The van der Waals surface area contributed by atoms with Gasteiger partial charge in [-0.3, -0.25) is 4.79 Å². The Balaban J connectivity index is 1.33. The van der Waals surface area contributed by atoms with Crippen molar-refractivity contribution in [2.45, 2.75) is 63.1 Å². The number of benzene rings is 1. The van der Waals surface area contributed by atoms with Gasteiger partial charge in [0.05, 0.1) is 26.2 Å². The molecule has 0 aromatic heterocycles. The number of nitrogens with one attached hydrogen (secondary N) is 1. The number of methoxy groups -OCH3 is 2. The van der Waals surface area contributed by atoms with Crippen LogP contribution in [0.25, 0.3) is 0 Å². The maximum absolute atomic E-state index is 13.6. The molecule has 3 saturated heterocycles. The molecule has 39 heavy (non-hydrogen) atoms. The van der Waals surface area contributed by atoms with Crippen molar-refractivity contribution in [2.75, 3.05) is 53.6 Å². The van der Waals surface area contributed by atoms with Gasteiger partial charge in [-0.15, -0.1) is 0 Å². The van der Waals surface area contributed by atoms with E-state index in [-0.39, 0.29) is 18.1 Å². The number of rotatable bonds is 9. The number of hydrogen-bond donors (Lipinski definition) is 2. The van der Waals surface area contributed by atoms with Crippen molar-refractivity contribution < 1.29 is 19.0 Å². The lowest BCUT2D eigenvalue weighted by Gasteiger charge is -2.38. The number of nitrogens with zero attached hydrogens (tertiary/aromatic N) is 3. The van der Waals surface area contributed by atoms with Crippen LogP contribution < -0.4 is 15.8 Å². The van der Waals surface area contributed by atoms with E-state index in [9.17, 15) is 4.79 Å². The Bertz CT molecular complexity index is 1020. The molecule has 3 aliphatic heterocycles. The number of nitrogens with two attached hydrogens (primary N) is 1. The van der Waals surface area contributed by atoms with Crippen molar-refractivity contribution in [2.24, 2.45) is 10.7 Å². The third-order valence-electron chi connectivity index (χ3n) is 8.50. The molecule has 1 aromatic rings. The molecular weight excluding hydrogens is 494 g/mol. The van der Waals surface area contributed by atoms with E-state index in [4.69, 9.17) is 19.9 Å². The van der Waals surface area contributed by atoms with Crippen molar-refractivity contribution in [3.63, 3.8) is 0 Å². The Kier molecular flexibility index (Phi) is 10.4. The first-order valence-corrected chi connectivity index (χ1v) is 14.1. The number of carbonyl (C=O) groups excluding carboxylic acids is 1. The number of piperidine rings is 2. The molecule has 2 unspecified atom stereocenters. The average Bonchev–Trinajstić information content (AvgIpc) is 2.99. The molecule has 3 aliphatic rings. The van der Waals surface area contributed by atoms with E-state index >= 15 is 0 Å². The first kappa shape index (κ1) is 29.1. The highest BCUT2D eigenvalue weighted by Gasteiger charge is 2.32. The van der Waals surface area contributed by atoms with Gasteiger partial charge in [-0.05, 0) is 62.6 Å². The highest BCUT2D eigenvalue weighted by Crippen LogP contribution is 2.32. The fraction of sp³-hybridized carbons (Fsp3) is 0.600. The molecule has 3 N–H and O–H groups in total. The van der Waals surface area contributed by atoms with Crippen LogP contribution in [0.4, 0.5) is 0 Å². The molecule has 4 rings (SSSR count). The highest BCUT2D eigenvalue weighted by molar-refractivity contribution is 5.95. The second-order valence-electron chi connectivity index (χ2n) is 10.7. The molecule has 1 amide bonds. The molecule has 9 nitrogen and oxygen atoms in total. The average molecular weight is 540 g/mol. The van der Waals surface area contributed by atoms with Crippen molar-refractivity contribution in [1.29, 1.82) is 0 Å². The maximum Gasteiger partial charge on any atom is 0.272 e. The normalized spacial score (nSPS) is 24.1. The van der Waals surface area contributed by atoms with Crippen LogP contribution in [0, 0.1) is 0 Å². The van der Waals surface area contributed by atoms with E-state index < -0.39 is 0 Å². The maximum atomic E-state index is 13.6. The zero-order chi connectivity index (χ0) is 27.8. The predicted octanol–water partition coefficient (Wildman–Crippen LogP) is 3.03. The van der Waals surface area contributed by atoms with Crippen LogP contribution in [0.1, 0.15) is 50.5 Å². The number of aliphatic imine (C=N–C) groups is 1. The van der Waals surface area contributed by atoms with Crippen molar-refractivity contribution in [3.8, 4) is 5.75 Å². The number of likely N-dealkylation sites (tertiary alicyclic amines) is 2. The summed E-state index contributed by atoms with van der Waals surface area (Å²) >= 11 is 0. The number of ether oxygens (including phenoxy) is 3. The number of hydrogen-bond acceptors (Lipinski definition) is 7. The Hall–Kier alpha value is -2.88. The number of allylic oxidation sites excluding steroid dienone is 1.